The van der Waals surface area contributed by atoms with Crippen LogP contribution in [0.4, 0.5) is 5.69 Å². The van der Waals surface area contributed by atoms with E-state index in [2.05, 4.69) is 55.1 Å². The van der Waals surface area contributed by atoms with Crippen molar-refractivity contribution in [2.24, 2.45) is 5.73 Å². The van der Waals surface area contributed by atoms with Gasteiger partial charge in [0.05, 0.1) is 5.54 Å². The van der Waals surface area contributed by atoms with Gasteiger partial charge in [0.1, 0.15) is 0 Å². The number of nitrogens with zero attached hydrogens (tertiary/aromatic N) is 1. The van der Waals surface area contributed by atoms with Crippen LogP contribution in [-0.2, 0) is 5.54 Å². The largest absolute Gasteiger partial charge is 0.370 e. The lowest BCUT2D eigenvalue weighted by Crippen LogP contribution is -2.45. The maximum Gasteiger partial charge on any atom is 0.0558 e. The zero-order chi connectivity index (χ0) is 13.7. The number of hydrogen-bond donors (Lipinski definition) is 1. The number of para-hydroxylation sites is 1. The van der Waals surface area contributed by atoms with E-state index in [1.54, 1.807) is 0 Å². The monoisotopic (exact) mass is 254 g/mol. The Balaban J connectivity index is 2.19. The molecule has 1 atom stereocenters. The highest BCUT2D eigenvalue weighted by Gasteiger charge is 2.23. The SMILES string of the molecule is CCN(CC(C)(N)c1ccccc1)c1ccccc1. The molecule has 2 aromatic carbocycles. The van der Waals surface area contributed by atoms with Gasteiger partial charge in [0.2, 0.25) is 0 Å². The van der Waals surface area contributed by atoms with Crippen LogP contribution in [0.5, 0.6) is 0 Å². The van der Waals surface area contributed by atoms with Crippen molar-refractivity contribution in [3.05, 3.63) is 66.2 Å². The summed E-state index contributed by atoms with van der Waals surface area (Å²) in [6.07, 6.45) is 0. The molecule has 0 aliphatic rings. The predicted octanol–water partition coefficient (Wildman–Crippen LogP) is 3.39. The number of benzene rings is 2. The lowest BCUT2D eigenvalue weighted by Gasteiger charge is -2.34. The van der Waals surface area contributed by atoms with Gasteiger partial charge < -0.3 is 10.6 Å². The summed E-state index contributed by atoms with van der Waals surface area (Å²) in [5.41, 5.74) is 8.55. The summed E-state index contributed by atoms with van der Waals surface area (Å²) in [5, 5.41) is 0. The van der Waals surface area contributed by atoms with E-state index < -0.39 is 0 Å². The molecule has 0 bridgehead atoms. The molecule has 0 radical (unpaired) electrons. The summed E-state index contributed by atoms with van der Waals surface area (Å²) in [7, 11) is 0. The van der Waals surface area contributed by atoms with Gasteiger partial charge in [-0.25, -0.2) is 0 Å². The molecule has 2 heteroatoms. The fourth-order valence-corrected chi connectivity index (χ4v) is 2.33. The van der Waals surface area contributed by atoms with E-state index in [0.29, 0.717) is 0 Å². The van der Waals surface area contributed by atoms with Crippen molar-refractivity contribution in [1.29, 1.82) is 0 Å². The summed E-state index contributed by atoms with van der Waals surface area (Å²) in [6, 6.07) is 20.7. The van der Waals surface area contributed by atoms with Crippen molar-refractivity contribution in [2.45, 2.75) is 19.4 Å². The standard InChI is InChI=1S/C17H22N2/c1-3-19(16-12-8-5-9-13-16)14-17(2,18)15-10-6-4-7-11-15/h4-13H,3,14,18H2,1-2H3. The van der Waals surface area contributed by atoms with Gasteiger partial charge in [-0.15, -0.1) is 0 Å². The maximum atomic E-state index is 6.51. The van der Waals surface area contributed by atoms with E-state index in [1.807, 2.05) is 24.3 Å². The lowest BCUT2D eigenvalue weighted by atomic mass is 9.92. The maximum absolute atomic E-state index is 6.51. The zero-order valence-electron chi connectivity index (χ0n) is 11.7. The highest BCUT2D eigenvalue weighted by molar-refractivity contribution is 5.47. The topological polar surface area (TPSA) is 29.3 Å². The Kier molecular flexibility index (Phi) is 4.23. The summed E-state index contributed by atoms with van der Waals surface area (Å²) in [6.45, 7) is 6.00. The fourth-order valence-electron chi connectivity index (χ4n) is 2.33. The fraction of sp³-hybridized carbons (Fsp3) is 0.294. The molecule has 1 unspecified atom stereocenters. The van der Waals surface area contributed by atoms with Crippen molar-refractivity contribution >= 4 is 5.69 Å². The van der Waals surface area contributed by atoms with E-state index in [9.17, 15) is 0 Å². The number of likely N-dealkylation sites (N-methyl/N-ethyl adjacent to an activating group) is 1. The summed E-state index contributed by atoms with van der Waals surface area (Å²) in [4.78, 5) is 2.31. The number of nitrogens with two attached hydrogens (primary N) is 1. The quantitative estimate of drug-likeness (QED) is 0.886. The Hall–Kier alpha value is -1.80. The molecule has 0 aliphatic carbocycles. The summed E-state index contributed by atoms with van der Waals surface area (Å²) >= 11 is 0. The minimum atomic E-state index is -0.354. The predicted molar refractivity (Wildman–Crippen MR) is 82.3 cm³/mol. The van der Waals surface area contributed by atoms with Crippen LogP contribution in [0.1, 0.15) is 19.4 Å². The Morgan fingerprint density at radius 1 is 0.947 bits per heavy atom. The molecule has 2 nitrogen and oxygen atoms in total. The van der Waals surface area contributed by atoms with Crippen molar-refractivity contribution in [2.75, 3.05) is 18.0 Å². The van der Waals surface area contributed by atoms with Crippen LogP contribution in [0, 0.1) is 0 Å². The van der Waals surface area contributed by atoms with Gasteiger partial charge in [0.15, 0.2) is 0 Å². The molecular formula is C17H22N2. The van der Waals surface area contributed by atoms with Crippen LogP contribution < -0.4 is 10.6 Å². The molecule has 0 saturated carbocycles. The molecule has 0 aliphatic heterocycles. The van der Waals surface area contributed by atoms with Gasteiger partial charge in [-0.05, 0) is 31.5 Å². The van der Waals surface area contributed by atoms with Crippen LogP contribution >= 0.6 is 0 Å². The van der Waals surface area contributed by atoms with Gasteiger partial charge in [0, 0.05) is 18.8 Å². The molecule has 0 fully saturated rings. The number of rotatable bonds is 5. The Morgan fingerprint density at radius 2 is 1.47 bits per heavy atom. The average molecular weight is 254 g/mol. The molecule has 0 spiro atoms. The van der Waals surface area contributed by atoms with E-state index in [0.717, 1.165) is 13.1 Å². The van der Waals surface area contributed by atoms with Crippen LogP contribution in [0.15, 0.2) is 60.7 Å². The third kappa shape index (κ3) is 3.36. The van der Waals surface area contributed by atoms with E-state index in [-0.39, 0.29) is 5.54 Å². The first kappa shape index (κ1) is 13.6. The Morgan fingerprint density at radius 3 is 2.00 bits per heavy atom. The highest BCUT2D eigenvalue weighted by atomic mass is 15.1. The first-order valence-corrected chi connectivity index (χ1v) is 6.78. The molecule has 2 N–H and O–H groups in total. The zero-order valence-corrected chi connectivity index (χ0v) is 11.7. The van der Waals surface area contributed by atoms with Gasteiger partial charge in [-0.3, -0.25) is 0 Å². The Bertz CT molecular complexity index is 491. The highest BCUT2D eigenvalue weighted by Crippen LogP contribution is 2.22. The molecule has 0 heterocycles. The average Bonchev–Trinajstić information content (AvgIpc) is 2.47. The van der Waals surface area contributed by atoms with Gasteiger partial charge in [-0.2, -0.15) is 0 Å². The Labute approximate surface area is 115 Å². The molecular weight excluding hydrogens is 232 g/mol. The van der Waals surface area contributed by atoms with Crippen LogP contribution in [0.2, 0.25) is 0 Å². The van der Waals surface area contributed by atoms with Crippen LogP contribution in [0.25, 0.3) is 0 Å². The first-order valence-electron chi connectivity index (χ1n) is 6.78. The van der Waals surface area contributed by atoms with Crippen LogP contribution in [-0.4, -0.2) is 13.1 Å². The normalized spacial score (nSPS) is 13.8. The second kappa shape index (κ2) is 5.89. The van der Waals surface area contributed by atoms with Crippen molar-refractivity contribution in [1.82, 2.24) is 0 Å². The van der Waals surface area contributed by atoms with Crippen molar-refractivity contribution < 1.29 is 0 Å². The third-order valence-corrected chi connectivity index (χ3v) is 3.46. The third-order valence-electron chi connectivity index (χ3n) is 3.46. The molecule has 100 valence electrons. The van der Waals surface area contributed by atoms with Gasteiger partial charge in [-0.1, -0.05) is 48.5 Å². The molecule has 19 heavy (non-hydrogen) atoms. The van der Waals surface area contributed by atoms with Gasteiger partial charge in [0.25, 0.3) is 0 Å². The van der Waals surface area contributed by atoms with Crippen molar-refractivity contribution in [3.63, 3.8) is 0 Å². The second-order valence-electron chi connectivity index (χ2n) is 5.13. The molecule has 0 amide bonds. The first-order chi connectivity index (χ1) is 9.13. The van der Waals surface area contributed by atoms with E-state index in [4.69, 9.17) is 5.73 Å². The molecule has 2 aromatic rings. The molecule has 0 aromatic heterocycles. The summed E-state index contributed by atoms with van der Waals surface area (Å²) in [5.74, 6) is 0. The minimum Gasteiger partial charge on any atom is -0.370 e. The molecule has 2 rings (SSSR count). The smallest absolute Gasteiger partial charge is 0.0558 e. The second-order valence-corrected chi connectivity index (χ2v) is 5.13. The minimum absolute atomic E-state index is 0.354. The van der Waals surface area contributed by atoms with E-state index >= 15 is 0 Å². The van der Waals surface area contributed by atoms with Gasteiger partial charge >= 0.3 is 0 Å². The van der Waals surface area contributed by atoms with Crippen LogP contribution in [0.3, 0.4) is 0 Å². The number of hydrogen-bond acceptors (Lipinski definition) is 2. The summed E-state index contributed by atoms with van der Waals surface area (Å²) < 4.78 is 0. The van der Waals surface area contributed by atoms with E-state index in [1.165, 1.54) is 11.3 Å². The lowest BCUT2D eigenvalue weighted by molar-refractivity contribution is 0.486. The molecule has 0 saturated heterocycles. The van der Waals surface area contributed by atoms with Crippen molar-refractivity contribution in [3.8, 4) is 0 Å². The number of anilines is 1.